The van der Waals surface area contributed by atoms with Crippen molar-refractivity contribution < 1.29 is 9.63 Å². The molecule has 0 saturated heterocycles. The standard InChI is InChI=1S/C15H16N2O2S/c1-9-5-7-13(8-6-9)15(18)19-17-11(3)14-10(2)16-12(4)20-14/h5-8H,1-4H3. The first-order valence-corrected chi connectivity index (χ1v) is 7.06. The zero-order chi connectivity index (χ0) is 14.7. The number of hydrogen-bond acceptors (Lipinski definition) is 5. The highest BCUT2D eigenvalue weighted by Gasteiger charge is 2.10. The maximum atomic E-state index is 11.8. The van der Waals surface area contributed by atoms with Gasteiger partial charge in [-0.25, -0.2) is 9.78 Å². The molecule has 0 unspecified atom stereocenters. The Hall–Kier alpha value is -2.01. The van der Waals surface area contributed by atoms with Crippen LogP contribution in [0.5, 0.6) is 0 Å². The first-order chi connectivity index (χ1) is 9.47. The summed E-state index contributed by atoms with van der Waals surface area (Å²) in [5, 5.41) is 4.87. The zero-order valence-electron chi connectivity index (χ0n) is 11.9. The molecule has 0 N–H and O–H groups in total. The van der Waals surface area contributed by atoms with E-state index in [1.54, 1.807) is 12.1 Å². The van der Waals surface area contributed by atoms with Crippen molar-refractivity contribution in [3.63, 3.8) is 0 Å². The summed E-state index contributed by atoms with van der Waals surface area (Å²) in [6.07, 6.45) is 0. The lowest BCUT2D eigenvalue weighted by atomic mass is 10.2. The van der Waals surface area contributed by atoms with Crippen LogP contribution in [-0.2, 0) is 4.84 Å². The normalized spacial score (nSPS) is 11.5. The van der Waals surface area contributed by atoms with E-state index in [1.807, 2.05) is 39.8 Å². The van der Waals surface area contributed by atoms with Crippen molar-refractivity contribution in [3.05, 3.63) is 51.0 Å². The molecule has 0 aliphatic carbocycles. The van der Waals surface area contributed by atoms with E-state index in [2.05, 4.69) is 10.1 Å². The Kier molecular flexibility index (Phi) is 4.29. The molecule has 0 amide bonds. The summed E-state index contributed by atoms with van der Waals surface area (Å²) in [5.74, 6) is -0.455. The van der Waals surface area contributed by atoms with Gasteiger partial charge in [0.05, 0.1) is 26.9 Å². The second-order valence-corrected chi connectivity index (χ2v) is 5.77. The molecule has 0 aliphatic heterocycles. The van der Waals surface area contributed by atoms with Gasteiger partial charge >= 0.3 is 5.97 Å². The maximum absolute atomic E-state index is 11.8. The van der Waals surface area contributed by atoms with E-state index in [9.17, 15) is 4.79 Å². The molecule has 2 rings (SSSR count). The van der Waals surface area contributed by atoms with E-state index in [0.717, 1.165) is 21.1 Å². The van der Waals surface area contributed by atoms with Crippen molar-refractivity contribution in [2.24, 2.45) is 5.16 Å². The molecule has 20 heavy (non-hydrogen) atoms. The Balaban J connectivity index is 2.10. The van der Waals surface area contributed by atoms with Gasteiger partial charge in [0.15, 0.2) is 0 Å². The highest BCUT2D eigenvalue weighted by atomic mass is 32.1. The number of thiazole rings is 1. The summed E-state index contributed by atoms with van der Waals surface area (Å²) in [7, 11) is 0. The van der Waals surface area contributed by atoms with Crippen LogP contribution in [0.25, 0.3) is 0 Å². The molecule has 104 valence electrons. The minimum absolute atomic E-state index is 0.455. The van der Waals surface area contributed by atoms with Crippen molar-refractivity contribution in [2.45, 2.75) is 27.7 Å². The molecule has 4 nitrogen and oxygen atoms in total. The van der Waals surface area contributed by atoms with Crippen molar-refractivity contribution in [2.75, 3.05) is 0 Å². The van der Waals surface area contributed by atoms with Crippen LogP contribution in [0.15, 0.2) is 29.4 Å². The fourth-order valence-corrected chi connectivity index (χ4v) is 2.62. The molecule has 0 bridgehead atoms. The number of benzene rings is 1. The summed E-state index contributed by atoms with van der Waals surface area (Å²) >= 11 is 1.54. The topological polar surface area (TPSA) is 51.5 Å². The van der Waals surface area contributed by atoms with E-state index in [1.165, 1.54) is 11.3 Å². The number of oxime groups is 1. The number of carbonyl (C=O) groups is 1. The smallest absolute Gasteiger partial charge is 0.313 e. The third kappa shape index (κ3) is 3.30. The SMILES string of the molecule is CC(=NOC(=O)c1ccc(C)cc1)c1sc(C)nc1C. The van der Waals surface area contributed by atoms with Crippen molar-refractivity contribution >= 4 is 23.0 Å². The van der Waals surface area contributed by atoms with Gasteiger partial charge in [-0.2, -0.15) is 0 Å². The van der Waals surface area contributed by atoms with Crippen molar-refractivity contribution in [1.29, 1.82) is 0 Å². The largest absolute Gasteiger partial charge is 0.365 e. The Bertz CT molecular complexity index is 657. The fourth-order valence-electron chi connectivity index (χ4n) is 1.76. The van der Waals surface area contributed by atoms with Gasteiger partial charge in [0.25, 0.3) is 0 Å². The van der Waals surface area contributed by atoms with E-state index >= 15 is 0 Å². The average molecular weight is 288 g/mol. The van der Waals surface area contributed by atoms with Gasteiger partial charge in [-0.1, -0.05) is 22.9 Å². The quantitative estimate of drug-likeness (QED) is 0.492. The summed E-state index contributed by atoms with van der Waals surface area (Å²) in [4.78, 5) is 22.1. The van der Waals surface area contributed by atoms with Gasteiger partial charge in [-0.15, -0.1) is 11.3 Å². The second kappa shape index (κ2) is 5.96. The molecular weight excluding hydrogens is 272 g/mol. The number of nitrogens with zero attached hydrogens (tertiary/aromatic N) is 2. The summed E-state index contributed by atoms with van der Waals surface area (Å²) in [5.41, 5.74) is 3.15. The van der Waals surface area contributed by atoms with Gasteiger partial charge in [0.1, 0.15) is 0 Å². The van der Waals surface area contributed by atoms with Crippen LogP contribution in [0, 0.1) is 20.8 Å². The summed E-state index contributed by atoms with van der Waals surface area (Å²) in [6.45, 7) is 7.63. The number of aromatic nitrogens is 1. The monoisotopic (exact) mass is 288 g/mol. The minimum Gasteiger partial charge on any atom is -0.313 e. The van der Waals surface area contributed by atoms with Crippen molar-refractivity contribution in [3.8, 4) is 0 Å². The van der Waals surface area contributed by atoms with Gasteiger partial charge in [0.2, 0.25) is 0 Å². The molecule has 0 atom stereocenters. The van der Waals surface area contributed by atoms with Crippen LogP contribution in [-0.4, -0.2) is 16.7 Å². The highest BCUT2D eigenvalue weighted by molar-refractivity contribution is 7.13. The Morgan fingerprint density at radius 3 is 2.40 bits per heavy atom. The predicted molar refractivity (Wildman–Crippen MR) is 80.4 cm³/mol. The lowest BCUT2D eigenvalue weighted by molar-refractivity contribution is 0.0516. The number of rotatable bonds is 3. The van der Waals surface area contributed by atoms with E-state index in [-0.39, 0.29) is 0 Å². The Morgan fingerprint density at radius 2 is 1.85 bits per heavy atom. The Morgan fingerprint density at radius 1 is 1.20 bits per heavy atom. The predicted octanol–water partition coefficient (Wildman–Crippen LogP) is 3.65. The summed E-state index contributed by atoms with van der Waals surface area (Å²) in [6, 6.07) is 7.18. The van der Waals surface area contributed by atoms with E-state index < -0.39 is 5.97 Å². The highest BCUT2D eigenvalue weighted by Crippen LogP contribution is 2.18. The number of hydrogen-bond donors (Lipinski definition) is 0. The lowest BCUT2D eigenvalue weighted by Crippen LogP contribution is -2.03. The minimum atomic E-state index is -0.455. The van der Waals surface area contributed by atoms with Gasteiger partial charge in [0, 0.05) is 0 Å². The molecule has 0 radical (unpaired) electrons. The lowest BCUT2D eigenvalue weighted by Gasteiger charge is -2.00. The molecular formula is C15H16N2O2S. The molecule has 1 aromatic carbocycles. The van der Waals surface area contributed by atoms with Crippen LogP contribution in [0.4, 0.5) is 0 Å². The second-order valence-electron chi connectivity index (χ2n) is 4.57. The first-order valence-electron chi connectivity index (χ1n) is 6.24. The van der Waals surface area contributed by atoms with Crippen LogP contribution < -0.4 is 0 Å². The zero-order valence-corrected chi connectivity index (χ0v) is 12.7. The molecule has 0 aliphatic rings. The molecule has 0 spiro atoms. The Labute approximate surface area is 122 Å². The van der Waals surface area contributed by atoms with Crippen molar-refractivity contribution in [1.82, 2.24) is 4.98 Å². The van der Waals surface area contributed by atoms with Crippen LogP contribution in [0.1, 0.15) is 38.4 Å². The number of aryl methyl sites for hydroxylation is 3. The van der Waals surface area contributed by atoms with Gasteiger partial charge < -0.3 is 4.84 Å². The summed E-state index contributed by atoms with van der Waals surface area (Å²) < 4.78 is 0. The number of carbonyl (C=O) groups excluding carboxylic acids is 1. The van der Waals surface area contributed by atoms with Gasteiger partial charge in [-0.3, -0.25) is 0 Å². The average Bonchev–Trinajstić information content (AvgIpc) is 2.75. The molecule has 1 aromatic heterocycles. The molecule has 0 saturated carbocycles. The molecule has 1 heterocycles. The molecule has 2 aromatic rings. The molecule has 5 heteroatoms. The first kappa shape index (κ1) is 14.4. The van der Waals surface area contributed by atoms with E-state index in [4.69, 9.17) is 4.84 Å². The van der Waals surface area contributed by atoms with Crippen LogP contribution >= 0.6 is 11.3 Å². The molecule has 0 fully saturated rings. The van der Waals surface area contributed by atoms with E-state index in [0.29, 0.717) is 11.3 Å². The fraction of sp³-hybridized carbons (Fsp3) is 0.267. The van der Waals surface area contributed by atoms with Crippen LogP contribution in [0.3, 0.4) is 0 Å². The van der Waals surface area contributed by atoms with Gasteiger partial charge in [-0.05, 0) is 39.8 Å². The third-order valence-electron chi connectivity index (χ3n) is 2.78. The third-order valence-corrected chi connectivity index (χ3v) is 3.97. The maximum Gasteiger partial charge on any atom is 0.365 e. The van der Waals surface area contributed by atoms with Crippen LogP contribution in [0.2, 0.25) is 0 Å².